The number of carbonyl (C=O) groups is 3. The van der Waals surface area contributed by atoms with Crippen LogP contribution in [0.25, 0.3) is 0 Å². The Bertz CT molecular complexity index is 1250. The summed E-state index contributed by atoms with van der Waals surface area (Å²) in [6.45, 7) is 4.47. The highest BCUT2D eigenvalue weighted by Crippen LogP contribution is 2.13. The first kappa shape index (κ1) is 56.5. The zero-order chi connectivity index (χ0) is 44.2. The van der Waals surface area contributed by atoms with Crippen molar-refractivity contribution >= 4 is 17.9 Å². The number of hydrogen-bond acceptors (Lipinski definition) is 7. The summed E-state index contributed by atoms with van der Waals surface area (Å²) in [6, 6.07) is -0.737. The second-order valence-corrected chi connectivity index (χ2v) is 16.6. The number of carboxylic acid groups (broad SMARTS) is 1. The zero-order valence-electron chi connectivity index (χ0n) is 38.8. The van der Waals surface area contributed by atoms with E-state index in [-0.39, 0.29) is 49.1 Å². The number of rotatable bonds is 41. The Morgan fingerprint density at radius 3 is 1.38 bits per heavy atom. The van der Waals surface area contributed by atoms with Crippen LogP contribution in [0.4, 0.5) is 0 Å². The minimum absolute atomic E-state index is 0.0214. The number of esters is 2. The maximum absolute atomic E-state index is 12.7. The Labute approximate surface area is 367 Å². The molecule has 8 heteroatoms. The maximum atomic E-state index is 12.7. The number of allylic oxidation sites excluding steroid dienone is 14. The quantitative estimate of drug-likeness (QED) is 0.0261. The molecule has 0 aliphatic heterocycles. The fraction of sp³-hybridized carbons (Fsp3) is 0.673. The molecule has 0 heterocycles. The summed E-state index contributed by atoms with van der Waals surface area (Å²) in [5.41, 5.74) is 0. The third kappa shape index (κ3) is 39.9. The standard InChI is InChI=1S/C52H87NO7/c1-6-8-10-12-14-16-18-20-22-24-25-27-28-30-32-34-36-38-40-42-50(54)59-47-48(46-58-45-44-49(52(56)57)53(3,4)5)60-51(55)43-41-39-37-35-33-31-29-26-23-21-19-17-15-13-11-9-7-2/h9,11,14-17,20-23,25,27,29,31,48-49H,6-8,10,12-13,18-19,24,26,28,30,32-47H2,1-5H3/b11-9-,16-14-,17-15-,22-20-,23-21-,27-25-,31-29-. The van der Waals surface area contributed by atoms with Crippen LogP contribution in [0, 0.1) is 0 Å². The first-order valence-electron chi connectivity index (χ1n) is 23.6. The van der Waals surface area contributed by atoms with Crippen molar-refractivity contribution in [2.24, 2.45) is 0 Å². The van der Waals surface area contributed by atoms with Gasteiger partial charge in [-0.25, -0.2) is 0 Å². The van der Waals surface area contributed by atoms with Crippen molar-refractivity contribution in [3.63, 3.8) is 0 Å². The molecule has 0 spiro atoms. The molecule has 0 saturated carbocycles. The summed E-state index contributed by atoms with van der Waals surface area (Å²) in [7, 11) is 5.39. The number of carbonyl (C=O) groups excluding carboxylic acids is 3. The third-order valence-electron chi connectivity index (χ3n) is 10.0. The first-order valence-corrected chi connectivity index (χ1v) is 23.6. The van der Waals surface area contributed by atoms with E-state index in [2.05, 4.69) is 98.9 Å². The first-order chi connectivity index (χ1) is 29.1. The highest BCUT2D eigenvalue weighted by Gasteiger charge is 2.25. The summed E-state index contributed by atoms with van der Waals surface area (Å²) in [6.07, 6.45) is 54.6. The Morgan fingerprint density at radius 2 is 0.933 bits per heavy atom. The fourth-order valence-electron chi connectivity index (χ4n) is 6.36. The van der Waals surface area contributed by atoms with Crippen LogP contribution in [0.5, 0.6) is 0 Å². The summed E-state index contributed by atoms with van der Waals surface area (Å²) >= 11 is 0. The lowest BCUT2D eigenvalue weighted by atomic mass is 10.1. The van der Waals surface area contributed by atoms with Crippen molar-refractivity contribution < 1.29 is 38.2 Å². The van der Waals surface area contributed by atoms with Crippen LogP contribution >= 0.6 is 0 Å². The number of ether oxygens (including phenoxy) is 3. The Kier molecular flexibility index (Phi) is 39.8. The molecular weight excluding hydrogens is 751 g/mol. The predicted octanol–water partition coefficient (Wildman–Crippen LogP) is 12.0. The monoisotopic (exact) mass is 838 g/mol. The lowest BCUT2D eigenvalue weighted by Gasteiger charge is -2.34. The minimum atomic E-state index is -1.13. The molecule has 0 aromatic heterocycles. The van der Waals surface area contributed by atoms with Gasteiger partial charge in [-0.05, 0) is 89.9 Å². The number of likely N-dealkylation sites (N-methyl/N-ethyl adjacent to an activating group) is 1. The topological polar surface area (TPSA) is 102 Å². The highest BCUT2D eigenvalue weighted by molar-refractivity contribution is 5.70. The lowest BCUT2D eigenvalue weighted by molar-refractivity contribution is -0.889. The molecule has 0 bridgehead atoms. The number of carboxylic acids is 1. The number of hydrogen-bond donors (Lipinski definition) is 0. The second-order valence-electron chi connectivity index (χ2n) is 16.6. The molecule has 0 saturated heterocycles. The van der Waals surface area contributed by atoms with Crippen molar-refractivity contribution in [1.82, 2.24) is 0 Å². The van der Waals surface area contributed by atoms with E-state index in [1.165, 1.54) is 38.5 Å². The van der Waals surface area contributed by atoms with Gasteiger partial charge < -0.3 is 28.6 Å². The van der Waals surface area contributed by atoms with Gasteiger partial charge in [0.25, 0.3) is 0 Å². The van der Waals surface area contributed by atoms with E-state index in [1.54, 1.807) is 21.1 Å². The summed E-state index contributed by atoms with van der Waals surface area (Å²) in [5, 5.41) is 11.6. The van der Waals surface area contributed by atoms with Gasteiger partial charge in [0, 0.05) is 19.3 Å². The second kappa shape index (κ2) is 42.2. The van der Waals surface area contributed by atoms with E-state index in [9.17, 15) is 19.5 Å². The van der Waals surface area contributed by atoms with E-state index in [0.717, 1.165) is 103 Å². The molecule has 0 radical (unpaired) electrons. The van der Waals surface area contributed by atoms with Gasteiger partial charge in [-0.3, -0.25) is 9.59 Å². The molecule has 60 heavy (non-hydrogen) atoms. The Hall–Kier alpha value is -3.49. The summed E-state index contributed by atoms with van der Waals surface area (Å²) in [5.74, 6) is -1.79. The van der Waals surface area contributed by atoms with E-state index in [4.69, 9.17) is 14.2 Å². The van der Waals surface area contributed by atoms with Gasteiger partial charge in [-0.15, -0.1) is 0 Å². The molecule has 0 N–H and O–H groups in total. The normalized spacial score (nSPS) is 13.7. The molecule has 0 amide bonds. The summed E-state index contributed by atoms with van der Waals surface area (Å²) in [4.78, 5) is 36.9. The summed E-state index contributed by atoms with van der Waals surface area (Å²) < 4.78 is 17.2. The SMILES string of the molecule is CC/C=C\C/C=C\C/C=C\C/C=C\CCCCCCC(=O)OC(COCCC(C(=O)[O-])[N+](C)(C)C)COC(=O)CCCCCCCC/C=C\C/C=C\C/C=C\CCCCC. The largest absolute Gasteiger partial charge is 0.544 e. The molecule has 0 aromatic carbocycles. The van der Waals surface area contributed by atoms with Crippen LogP contribution in [0.2, 0.25) is 0 Å². The van der Waals surface area contributed by atoms with Gasteiger partial charge >= 0.3 is 11.9 Å². The van der Waals surface area contributed by atoms with Crippen molar-refractivity contribution in [3.8, 4) is 0 Å². The fourth-order valence-corrected chi connectivity index (χ4v) is 6.36. The van der Waals surface area contributed by atoms with Gasteiger partial charge in [0.05, 0.1) is 40.3 Å². The molecule has 2 atom stereocenters. The predicted molar refractivity (Wildman–Crippen MR) is 249 cm³/mol. The van der Waals surface area contributed by atoms with Gasteiger partial charge in [-0.1, -0.05) is 150 Å². The number of quaternary nitrogens is 1. The van der Waals surface area contributed by atoms with Crippen molar-refractivity contribution in [3.05, 3.63) is 85.1 Å². The number of unbranched alkanes of at least 4 members (excludes halogenated alkanes) is 13. The Morgan fingerprint density at radius 1 is 0.517 bits per heavy atom. The maximum Gasteiger partial charge on any atom is 0.306 e. The van der Waals surface area contributed by atoms with Gasteiger partial charge in [0.1, 0.15) is 12.6 Å². The molecule has 342 valence electrons. The van der Waals surface area contributed by atoms with Gasteiger partial charge in [-0.2, -0.15) is 0 Å². The van der Waals surface area contributed by atoms with Crippen LogP contribution in [0.15, 0.2) is 85.1 Å². The van der Waals surface area contributed by atoms with Crippen LogP contribution in [0.3, 0.4) is 0 Å². The molecule has 0 aromatic rings. The van der Waals surface area contributed by atoms with E-state index in [0.29, 0.717) is 6.42 Å². The Balaban J connectivity index is 4.39. The van der Waals surface area contributed by atoms with Crippen molar-refractivity contribution in [2.45, 2.75) is 187 Å². The van der Waals surface area contributed by atoms with Crippen molar-refractivity contribution in [2.75, 3.05) is 41.0 Å². The van der Waals surface area contributed by atoms with Gasteiger partial charge in [0.15, 0.2) is 6.10 Å². The smallest absolute Gasteiger partial charge is 0.306 e. The molecule has 0 rings (SSSR count). The van der Waals surface area contributed by atoms with Crippen LogP contribution < -0.4 is 5.11 Å². The lowest BCUT2D eigenvalue weighted by Crippen LogP contribution is -2.55. The molecule has 0 aliphatic carbocycles. The minimum Gasteiger partial charge on any atom is -0.544 e. The van der Waals surface area contributed by atoms with Crippen LogP contribution in [0.1, 0.15) is 174 Å². The average Bonchev–Trinajstić information content (AvgIpc) is 3.21. The van der Waals surface area contributed by atoms with Crippen LogP contribution in [-0.2, 0) is 28.6 Å². The van der Waals surface area contributed by atoms with E-state index < -0.39 is 18.1 Å². The zero-order valence-corrected chi connectivity index (χ0v) is 38.8. The molecular formula is C52H87NO7. The molecule has 2 unspecified atom stereocenters. The molecule has 0 aliphatic rings. The van der Waals surface area contributed by atoms with Crippen LogP contribution in [-0.4, -0.2) is 75.5 Å². The number of aliphatic carboxylic acids is 1. The van der Waals surface area contributed by atoms with Crippen molar-refractivity contribution in [1.29, 1.82) is 0 Å². The van der Waals surface area contributed by atoms with Gasteiger partial charge in [0.2, 0.25) is 0 Å². The third-order valence-corrected chi connectivity index (χ3v) is 10.0. The number of nitrogens with zero attached hydrogens (tertiary/aromatic N) is 1. The molecule has 8 nitrogen and oxygen atoms in total. The van der Waals surface area contributed by atoms with E-state index in [1.807, 2.05) is 0 Å². The average molecular weight is 838 g/mol. The highest BCUT2D eigenvalue weighted by atomic mass is 16.6. The molecule has 0 fully saturated rings. The van der Waals surface area contributed by atoms with E-state index >= 15 is 0 Å².